The number of rotatable bonds is 2. The lowest BCUT2D eigenvalue weighted by atomic mass is 10.1. The molecule has 1 aromatic heterocycles. The molecule has 0 aliphatic rings. The Labute approximate surface area is 91.7 Å². The van der Waals surface area contributed by atoms with E-state index in [0.717, 1.165) is 16.6 Å². The summed E-state index contributed by atoms with van der Waals surface area (Å²) in [5.74, 6) is -0.327. The van der Waals surface area contributed by atoms with Gasteiger partial charge in [-0.15, -0.1) is 0 Å². The summed E-state index contributed by atoms with van der Waals surface area (Å²) in [7, 11) is 0. The van der Waals surface area contributed by atoms with Crippen LogP contribution in [0.25, 0.3) is 10.2 Å². The van der Waals surface area contributed by atoms with Crippen LogP contribution in [0.1, 0.15) is 19.4 Å². The van der Waals surface area contributed by atoms with Crippen LogP contribution in [0, 0.1) is 0 Å². The number of aromatic nitrogens is 1. The van der Waals surface area contributed by atoms with E-state index in [1.165, 1.54) is 23.8 Å². The molecule has 0 aliphatic carbocycles. The number of carbonyl (C=O) groups excluding carboxylic acids is 1. The zero-order chi connectivity index (χ0) is 10.8. The molecule has 0 bridgehead atoms. The summed E-state index contributed by atoms with van der Waals surface area (Å²) >= 11 is 1.40. The van der Waals surface area contributed by atoms with Crippen LogP contribution >= 0.6 is 11.3 Å². The number of nitrogens with zero attached hydrogens (tertiary/aromatic N) is 1. The Balaban J connectivity index is 2.50. The Kier molecular flexibility index (Phi) is 2.68. The molecule has 78 valence electrons. The molecule has 0 amide bonds. The average molecular weight is 221 g/mol. The monoisotopic (exact) mass is 221 g/mol. The van der Waals surface area contributed by atoms with E-state index in [-0.39, 0.29) is 5.97 Å². The lowest BCUT2D eigenvalue weighted by Gasteiger charge is -1.95. The second-order valence-corrected chi connectivity index (χ2v) is 4.18. The normalized spacial score (nSPS) is 10.5. The lowest BCUT2D eigenvalue weighted by molar-refractivity contribution is -0.131. The fourth-order valence-corrected chi connectivity index (χ4v) is 2.34. The van der Waals surface area contributed by atoms with Gasteiger partial charge in [0.1, 0.15) is 0 Å². The molecular formula is C11H11NO2S. The molecule has 2 rings (SSSR count). The second-order valence-electron chi connectivity index (χ2n) is 3.19. The lowest BCUT2D eigenvalue weighted by Crippen LogP contribution is -2.00. The Morgan fingerprint density at radius 1 is 1.53 bits per heavy atom. The van der Waals surface area contributed by atoms with Crippen molar-refractivity contribution in [1.82, 2.24) is 4.98 Å². The van der Waals surface area contributed by atoms with Crippen molar-refractivity contribution in [3.8, 4) is 5.19 Å². The quantitative estimate of drug-likeness (QED) is 0.732. The number of hydrogen-bond donors (Lipinski definition) is 0. The SMILES string of the molecule is CCc1cccc2sc(OC(C)=O)nc12. The van der Waals surface area contributed by atoms with Crippen LogP contribution in [0.4, 0.5) is 0 Å². The molecule has 0 unspecified atom stereocenters. The van der Waals surface area contributed by atoms with Crippen molar-refractivity contribution >= 4 is 27.5 Å². The Morgan fingerprint density at radius 2 is 2.33 bits per heavy atom. The van der Waals surface area contributed by atoms with E-state index in [9.17, 15) is 4.79 Å². The standard InChI is InChI=1S/C11H11NO2S/c1-3-8-5-4-6-9-10(8)12-11(15-9)14-7(2)13/h4-6H,3H2,1-2H3. The number of para-hydroxylation sites is 1. The first-order valence-corrected chi connectivity index (χ1v) is 5.59. The summed E-state index contributed by atoms with van der Waals surface area (Å²) < 4.78 is 6.03. The van der Waals surface area contributed by atoms with Gasteiger partial charge in [0.05, 0.1) is 10.2 Å². The van der Waals surface area contributed by atoms with Gasteiger partial charge in [-0.2, -0.15) is 0 Å². The largest absolute Gasteiger partial charge is 0.398 e. The summed E-state index contributed by atoms with van der Waals surface area (Å²) in [6, 6.07) is 6.02. The number of carbonyl (C=O) groups is 1. The zero-order valence-corrected chi connectivity index (χ0v) is 9.43. The highest BCUT2D eigenvalue weighted by Crippen LogP contribution is 2.30. The maximum atomic E-state index is 10.8. The molecule has 3 nitrogen and oxygen atoms in total. The highest BCUT2D eigenvalue weighted by atomic mass is 32.1. The molecule has 0 saturated heterocycles. The summed E-state index contributed by atoms with van der Waals surface area (Å²) in [5.41, 5.74) is 2.13. The maximum Gasteiger partial charge on any atom is 0.309 e. The van der Waals surface area contributed by atoms with Gasteiger partial charge in [-0.05, 0) is 18.1 Å². The third kappa shape index (κ3) is 1.99. The van der Waals surface area contributed by atoms with Crippen LogP contribution in [0.5, 0.6) is 5.19 Å². The smallest absolute Gasteiger partial charge is 0.309 e. The molecule has 0 aliphatic heterocycles. The average Bonchev–Trinajstić information content (AvgIpc) is 2.58. The minimum absolute atomic E-state index is 0.327. The van der Waals surface area contributed by atoms with Gasteiger partial charge in [-0.25, -0.2) is 4.98 Å². The van der Waals surface area contributed by atoms with Gasteiger partial charge in [-0.1, -0.05) is 30.4 Å². The third-order valence-electron chi connectivity index (χ3n) is 2.09. The molecular weight excluding hydrogens is 210 g/mol. The molecule has 0 spiro atoms. The molecule has 0 saturated carbocycles. The fraction of sp³-hybridized carbons (Fsp3) is 0.273. The molecule has 0 fully saturated rings. The highest BCUT2D eigenvalue weighted by molar-refractivity contribution is 7.20. The summed E-state index contributed by atoms with van der Waals surface area (Å²) in [4.78, 5) is 15.1. The molecule has 0 radical (unpaired) electrons. The van der Waals surface area contributed by atoms with Crippen LogP contribution < -0.4 is 4.74 Å². The number of benzene rings is 1. The minimum Gasteiger partial charge on any atom is -0.398 e. The number of thiazole rings is 1. The summed E-state index contributed by atoms with van der Waals surface area (Å²) in [6.07, 6.45) is 0.931. The molecule has 0 atom stereocenters. The van der Waals surface area contributed by atoms with Crippen molar-refractivity contribution in [3.05, 3.63) is 23.8 Å². The van der Waals surface area contributed by atoms with Gasteiger partial charge in [0.2, 0.25) is 0 Å². The highest BCUT2D eigenvalue weighted by Gasteiger charge is 2.08. The van der Waals surface area contributed by atoms with Crippen molar-refractivity contribution in [3.63, 3.8) is 0 Å². The van der Waals surface area contributed by atoms with Gasteiger partial charge >= 0.3 is 5.97 Å². The van der Waals surface area contributed by atoms with E-state index in [1.54, 1.807) is 0 Å². The second kappa shape index (κ2) is 3.98. The predicted molar refractivity (Wildman–Crippen MR) is 60.3 cm³/mol. The Morgan fingerprint density at radius 3 is 3.00 bits per heavy atom. The Bertz CT molecular complexity index is 504. The van der Waals surface area contributed by atoms with Gasteiger partial charge in [0, 0.05) is 6.92 Å². The van der Waals surface area contributed by atoms with Crippen molar-refractivity contribution in [2.45, 2.75) is 20.3 Å². The van der Waals surface area contributed by atoms with E-state index in [4.69, 9.17) is 4.74 Å². The topological polar surface area (TPSA) is 39.2 Å². The molecule has 2 aromatic rings. The molecule has 0 N–H and O–H groups in total. The number of aryl methyl sites for hydroxylation is 1. The maximum absolute atomic E-state index is 10.8. The Hall–Kier alpha value is -1.42. The predicted octanol–water partition coefficient (Wildman–Crippen LogP) is 2.78. The van der Waals surface area contributed by atoms with Crippen LogP contribution in [-0.2, 0) is 11.2 Å². The molecule has 1 heterocycles. The zero-order valence-electron chi connectivity index (χ0n) is 8.61. The van der Waals surface area contributed by atoms with E-state index in [0.29, 0.717) is 5.19 Å². The number of fused-ring (bicyclic) bond motifs is 1. The minimum atomic E-state index is -0.327. The van der Waals surface area contributed by atoms with Crippen molar-refractivity contribution in [2.24, 2.45) is 0 Å². The van der Waals surface area contributed by atoms with E-state index in [1.807, 2.05) is 18.2 Å². The fourth-order valence-electron chi connectivity index (χ4n) is 1.44. The van der Waals surface area contributed by atoms with Gasteiger partial charge < -0.3 is 4.74 Å². The van der Waals surface area contributed by atoms with E-state index >= 15 is 0 Å². The number of esters is 1. The van der Waals surface area contributed by atoms with Gasteiger partial charge in [-0.3, -0.25) is 4.79 Å². The summed E-state index contributed by atoms with van der Waals surface area (Å²) in [5, 5.41) is 0.429. The first-order valence-electron chi connectivity index (χ1n) is 4.77. The third-order valence-corrected chi connectivity index (χ3v) is 2.99. The van der Waals surface area contributed by atoms with Crippen LogP contribution in [0.15, 0.2) is 18.2 Å². The van der Waals surface area contributed by atoms with Crippen molar-refractivity contribution in [1.29, 1.82) is 0 Å². The number of hydrogen-bond acceptors (Lipinski definition) is 4. The van der Waals surface area contributed by atoms with Crippen molar-refractivity contribution in [2.75, 3.05) is 0 Å². The van der Waals surface area contributed by atoms with Gasteiger partial charge in [0.15, 0.2) is 0 Å². The first kappa shape index (κ1) is 10.1. The van der Waals surface area contributed by atoms with Crippen LogP contribution in [0.3, 0.4) is 0 Å². The van der Waals surface area contributed by atoms with E-state index in [2.05, 4.69) is 11.9 Å². The van der Waals surface area contributed by atoms with E-state index < -0.39 is 0 Å². The van der Waals surface area contributed by atoms with Gasteiger partial charge in [0.25, 0.3) is 5.19 Å². The van der Waals surface area contributed by atoms with Crippen LogP contribution in [-0.4, -0.2) is 11.0 Å². The summed E-state index contributed by atoms with van der Waals surface area (Å²) in [6.45, 7) is 3.46. The van der Waals surface area contributed by atoms with Crippen molar-refractivity contribution < 1.29 is 9.53 Å². The molecule has 15 heavy (non-hydrogen) atoms. The number of ether oxygens (including phenoxy) is 1. The van der Waals surface area contributed by atoms with Crippen LogP contribution in [0.2, 0.25) is 0 Å². The molecule has 4 heteroatoms. The first-order chi connectivity index (χ1) is 7.20. The molecule has 1 aromatic carbocycles.